The molecule has 0 spiro atoms. The van der Waals surface area contributed by atoms with Crippen LogP contribution in [0, 0.1) is 0 Å². The highest BCUT2D eigenvalue weighted by atomic mass is 16.3. The molecule has 126 valence electrons. The molecule has 5 N–H and O–H groups in total. The van der Waals surface area contributed by atoms with E-state index in [1.807, 2.05) is 0 Å². The van der Waals surface area contributed by atoms with E-state index in [-0.39, 0.29) is 16.9 Å². The number of hydrogen-bond acceptors (Lipinski definition) is 6. The number of amides is 2. The minimum Gasteiger partial charge on any atom is -0.385 e. The standard InChI is InChI=1S/C16H13N5O4/c1-6(22)14-18-9-3-2-7(4-10(9)19-14)21-11(23)5-8-12(13(21)17)16(25)20-15(8)24/h2-6,22H,17H2,1H3,(H,18,19)(H,20,24,25). The first-order valence-corrected chi connectivity index (χ1v) is 7.46. The van der Waals surface area contributed by atoms with E-state index in [0.717, 1.165) is 10.6 Å². The lowest BCUT2D eigenvalue weighted by Crippen LogP contribution is -2.24. The van der Waals surface area contributed by atoms with Gasteiger partial charge >= 0.3 is 0 Å². The number of aliphatic hydroxyl groups excluding tert-OH is 1. The molecule has 1 aromatic carbocycles. The average Bonchev–Trinajstić information content (AvgIpc) is 3.08. The maximum atomic E-state index is 12.4. The van der Waals surface area contributed by atoms with Crippen molar-refractivity contribution in [1.29, 1.82) is 0 Å². The van der Waals surface area contributed by atoms with E-state index in [0.29, 0.717) is 22.5 Å². The summed E-state index contributed by atoms with van der Waals surface area (Å²) in [6.07, 6.45) is -0.765. The first-order valence-electron chi connectivity index (χ1n) is 7.46. The van der Waals surface area contributed by atoms with Crippen molar-refractivity contribution in [3.8, 4) is 5.69 Å². The van der Waals surface area contributed by atoms with E-state index < -0.39 is 23.5 Å². The van der Waals surface area contributed by atoms with Crippen molar-refractivity contribution in [2.75, 3.05) is 5.73 Å². The third-order valence-corrected chi connectivity index (χ3v) is 4.09. The second kappa shape index (κ2) is 5.02. The molecule has 0 saturated carbocycles. The summed E-state index contributed by atoms with van der Waals surface area (Å²) in [5, 5.41) is 11.7. The summed E-state index contributed by atoms with van der Waals surface area (Å²) >= 11 is 0. The first-order chi connectivity index (χ1) is 11.9. The number of imidazole rings is 1. The van der Waals surface area contributed by atoms with E-state index in [1.165, 1.54) is 0 Å². The molecule has 1 atom stereocenters. The Kier molecular flexibility index (Phi) is 3.03. The molecule has 0 saturated heterocycles. The Hall–Kier alpha value is -3.46. The molecular weight excluding hydrogens is 326 g/mol. The predicted octanol–water partition coefficient (Wildman–Crippen LogP) is 0.233. The number of aliphatic hydroxyl groups is 1. The van der Waals surface area contributed by atoms with Crippen LogP contribution in [0.15, 0.2) is 29.1 Å². The quantitative estimate of drug-likeness (QED) is 0.492. The van der Waals surface area contributed by atoms with E-state index in [4.69, 9.17) is 5.73 Å². The van der Waals surface area contributed by atoms with Gasteiger partial charge in [-0.1, -0.05) is 0 Å². The molecule has 1 aliphatic heterocycles. The van der Waals surface area contributed by atoms with Crippen molar-refractivity contribution in [1.82, 2.24) is 19.9 Å². The van der Waals surface area contributed by atoms with Crippen LogP contribution in [-0.2, 0) is 0 Å². The molecule has 3 heterocycles. The van der Waals surface area contributed by atoms with Gasteiger partial charge in [0.25, 0.3) is 17.4 Å². The van der Waals surface area contributed by atoms with Crippen LogP contribution >= 0.6 is 0 Å². The Morgan fingerprint density at radius 3 is 2.68 bits per heavy atom. The van der Waals surface area contributed by atoms with E-state index in [2.05, 4.69) is 15.3 Å². The highest BCUT2D eigenvalue weighted by molar-refractivity contribution is 6.23. The molecule has 1 unspecified atom stereocenters. The van der Waals surface area contributed by atoms with Crippen LogP contribution in [-0.4, -0.2) is 31.5 Å². The molecule has 1 aliphatic rings. The SMILES string of the molecule is CC(O)c1nc2ccc(-n3c(N)c4c(cc3=O)C(=O)NC4=O)cc2[nH]1. The van der Waals surface area contributed by atoms with Crippen LogP contribution in [0.5, 0.6) is 0 Å². The molecule has 0 aliphatic carbocycles. The number of nitrogens with one attached hydrogen (secondary N) is 2. The predicted molar refractivity (Wildman–Crippen MR) is 88.5 cm³/mol. The van der Waals surface area contributed by atoms with E-state index >= 15 is 0 Å². The molecule has 25 heavy (non-hydrogen) atoms. The number of benzene rings is 1. The molecule has 2 amide bonds. The maximum absolute atomic E-state index is 12.4. The number of carbonyl (C=O) groups excluding carboxylic acids is 2. The summed E-state index contributed by atoms with van der Waals surface area (Å²) in [4.78, 5) is 43.2. The number of rotatable bonds is 2. The number of imide groups is 1. The molecule has 9 heteroatoms. The van der Waals surface area contributed by atoms with Crippen LogP contribution < -0.4 is 16.6 Å². The van der Waals surface area contributed by atoms with Gasteiger partial charge in [0.05, 0.1) is 27.8 Å². The fourth-order valence-corrected chi connectivity index (χ4v) is 2.90. The average molecular weight is 339 g/mol. The first kappa shape index (κ1) is 15.1. The van der Waals surface area contributed by atoms with Gasteiger partial charge in [-0.25, -0.2) is 4.98 Å². The lowest BCUT2D eigenvalue weighted by Gasteiger charge is -2.11. The van der Waals surface area contributed by atoms with Crippen molar-refractivity contribution in [3.63, 3.8) is 0 Å². The molecule has 0 radical (unpaired) electrons. The summed E-state index contributed by atoms with van der Waals surface area (Å²) in [5.74, 6) is -0.987. The number of nitrogens with zero attached hydrogens (tertiary/aromatic N) is 2. The molecule has 9 nitrogen and oxygen atoms in total. The van der Waals surface area contributed by atoms with Crippen LogP contribution in [0.2, 0.25) is 0 Å². The number of fused-ring (bicyclic) bond motifs is 2. The number of nitrogens with two attached hydrogens (primary N) is 1. The number of anilines is 1. The topological polar surface area (TPSA) is 143 Å². The summed E-state index contributed by atoms with van der Waals surface area (Å²) in [6, 6.07) is 6.00. The number of nitrogen functional groups attached to an aromatic ring is 1. The minimum atomic E-state index is -0.765. The van der Waals surface area contributed by atoms with Crippen molar-refractivity contribution >= 4 is 28.7 Å². The normalized spacial score (nSPS) is 14.6. The lowest BCUT2D eigenvalue weighted by atomic mass is 10.1. The maximum Gasteiger partial charge on any atom is 0.262 e. The largest absolute Gasteiger partial charge is 0.385 e. The lowest BCUT2D eigenvalue weighted by molar-refractivity contribution is 0.0880. The van der Waals surface area contributed by atoms with Crippen LogP contribution in [0.1, 0.15) is 39.6 Å². The number of hydrogen-bond donors (Lipinski definition) is 4. The van der Waals surface area contributed by atoms with Gasteiger partial charge in [0.15, 0.2) is 0 Å². The second-order valence-corrected chi connectivity index (χ2v) is 5.77. The second-order valence-electron chi connectivity index (χ2n) is 5.77. The van der Waals surface area contributed by atoms with Gasteiger partial charge in [0.1, 0.15) is 17.7 Å². The van der Waals surface area contributed by atoms with Crippen molar-refractivity contribution < 1.29 is 14.7 Å². The van der Waals surface area contributed by atoms with E-state index in [1.54, 1.807) is 25.1 Å². The number of pyridine rings is 1. The van der Waals surface area contributed by atoms with Gasteiger partial charge in [0, 0.05) is 6.07 Å². The number of aromatic nitrogens is 3. The zero-order valence-corrected chi connectivity index (χ0v) is 13.0. The minimum absolute atomic E-state index is 0.0148. The summed E-state index contributed by atoms with van der Waals surface area (Å²) in [5.41, 5.74) is 7.05. The highest BCUT2D eigenvalue weighted by Gasteiger charge is 2.31. The Balaban J connectivity index is 1.95. The Labute approximate surface area is 140 Å². The van der Waals surface area contributed by atoms with Crippen molar-refractivity contribution in [3.05, 3.63) is 51.6 Å². The summed E-state index contributed by atoms with van der Waals surface area (Å²) in [7, 11) is 0. The highest BCUT2D eigenvalue weighted by Crippen LogP contribution is 2.24. The third-order valence-electron chi connectivity index (χ3n) is 4.09. The summed E-state index contributed by atoms with van der Waals surface area (Å²) < 4.78 is 1.15. The Morgan fingerprint density at radius 1 is 1.20 bits per heavy atom. The monoisotopic (exact) mass is 339 g/mol. The van der Waals surface area contributed by atoms with Crippen molar-refractivity contribution in [2.24, 2.45) is 0 Å². The fraction of sp³-hybridized carbons (Fsp3) is 0.125. The number of H-pyrrole nitrogens is 1. The van der Waals surface area contributed by atoms with Crippen LogP contribution in [0.3, 0.4) is 0 Å². The molecule has 3 aromatic rings. The zero-order valence-electron chi connectivity index (χ0n) is 13.0. The number of aromatic amines is 1. The van der Waals surface area contributed by atoms with Gasteiger partial charge in [-0.2, -0.15) is 0 Å². The van der Waals surface area contributed by atoms with Crippen molar-refractivity contribution in [2.45, 2.75) is 13.0 Å². The van der Waals surface area contributed by atoms with Gasteiger partial charge in [-0.3, -0.25) is 24.3 Å². The molecule has 0 bridgehead atoms. The van der Waals surface area contributed by atoms with Gasteiger partial charge in [-0.05, 0) is 25.1 Å². The molecule has 4 rings (SSSR count). The zero-order chi connectivity index (χ0) is 17.9. The van der Waals surface area contributed by atoms with E-state index in [9.17, 15) is 19.5 Å². The van der Waals surface area contributed by atoms with Crippen LogP contribution in [0.25, 0.3) is 16.7 Å². The fourth-order valence-electron chi connectivity index (χ4n) is 2.90. The summed E-state index contributed by atoms with van der Waals surface area (Å²) in [6.45, 7) is 1.58. The van der Waals surface area contributed by atoms with Crippen LogP contribution in [0.4, 0.5) is 5.82 Å². The number of carbonyl (C=O) groups is 2. The molecule has 2 aromatic heterocycles. The Morgan fingerprint density at radius 2 is 1.96 bits per heavy atom. The third kappa shape index (κ3) is 2.13. The molecule has 0 fully saturated rings. The van der Waals surface area contributed by atoms with Gasteiger partial charge < -0.3 is 15.8 Å². The van der Waals surface area contributed by atoms with Gasteiger partial charge in [-0.15, -0.1) is 0 Å². The molecular formula is C16H13N5O4. The smallest absolute Gasteiger partial charge is 0.262 e. The van der Waals surface area contributed by atoms with Gasteiger partial charge in [0.2, 0.25) is 0 Å². The Bertz CT molecular complexity index is 1130.